The Balaban J connectivity index is 2.41. The zero-order valence-corrected chi connectivity index (χ0v) is 9.62. The first-order valence-electron chi connectivity index (χ1n) is 4.87. The summed E-state index contributed by atoms with van der Waals surface area (Å²) in [6, 6.07) is 4.53. The maximum absolute atomic E-state index is 6.16. The van der Waals surface area contributed by atoms with Gasteiger partial charge in [0.25, 0.3) is 0 Å². The van der Waals surface area contributed by atoms with Crippen LogP contribution in [-0.4, -0.2) is 6.04 Å². The molecular weight excluding hydrogens is 217 g/mol. The van der Waals surface area contributed by atoms with Gasteiger partial charge in [0.15, 0.2) is 0 Å². The lowest BCUT2D eigenvalue weighted by Crippen LogP contribution is -2.23. The third-order valence-corrected chi connectivity index (χ3v) is 3.61. The first-order chi connectivity index (χ1) is 6.68. The van der Waals surface area contributed by atoms with E-state index in [1.54, 1.807) is 0 Å². The number of fused-ring (bicyclic) bond motifs is 1. The van der Waals surface area contributed by atoms with E-state index in [0.717, 1.165) is 19.4 Å². The van der Waals surface area contributed by atoms with E-state index in [2.05, 4.69) is 18.3 Å². The molecule has 2 rings (SSSR count). The summed E-state index contributed by atoms with van der Waals surface area (Å²) in [6.45, 7) is 3.03. The summed E-state index contributed by atoms with van der Waals surface area (Å²) in [5.74, 6) is 0. The fourth-order valence-corrected chi connectivity index (χ4v) is 2.24. The Morgan fingerprint density at radius 1 is 1.36 bits per heavy atom. The lowest BCUT2D eigenvalue weighted by Gasteiger charge is -2.09. The second-order valence-corrected chi connectivity index (χ2v) is 4.60. The number of benzene rings is 1. The summed E-state index contributed by atoms with van der Waals surface area (Å²) in [4.78, 5) is 0. The molecule has 0 unspecified atom stereocenters. The molecule has 0 radical (unpaired) electrons. The van der Waals surface area contributed by atoms with Gasteiger partial charge in [-0.15, -0.1) is 0 Å². The van der Waals surface area contributed by atoms with Gasteiger partial charge in [-0.3, -0.25) is 0 Å². The SMILES string of the molecule is C[C@@H]1CCc2ccc(Cl)c(Cl)c2CN1. The fraction of sp³-hybridized carbons (Fsp3) is 0.455. The van der Waals surface area contributed by atoms with Crippen LogP contribution >= 0.6 is 23.2 Å². The molecule has 1 nitrogen and oxygen atoms in total. The fourth-order valence-electron chi connectivity index (χ4n) is 1.81. The first kappa shape index (κ1) is 10.3. The average Bonchev–Trinajstić information content (AvgIpc) is 2.35. The minimum absolute atomic E-state index is 0.553. The summed E-state index contributed by atoms with van der Waals surface area (Å²) >= 11 is 12.1. The standard InChI is InChI=1S/C11H13Cl2N/c1-7-2-3-8-4-5-10(12)11(13)9(8)6-14-7/h4-5,7,14H,2-3,6H2,1H3/t7-/m1/s1. The molecule has 0 bridgehead atoms. The van der Waals surface area contributed by atoms with Crippen molar-refractivity contribution in [1.29, 1.82) is 0 Å². The molecular formula is C11H13Cl2N. The van der Waals surface area contributed by atoms with Crippen LogP contribution in [0.4, 0.5) is 0 Å². The van der Waals surface area contributed by atoms with Crippen molar-refractivity contribution < 1.29 is 0 Å². The Morgan fingerprint density at radius 3 is 2.93 bits per heavy atom. The van der Waals surface area contributed by atoms with Gasteiger partial charge in [-0.25, -0.2) is 0 Å². The number of aryl methyl sites for hydroxylation is 1. The molecule has 1 aliphatic heterocycles. The number of halogens is 2. The summed E-state index contributed by atoms with van der Waals surface area (Å²) in [5.41, 5.74) is 2.50. The van der Waals surface area contributed by atoms with Gasteiger partial charge in [0.2, 0.25) is 0 Å². The van der Waals surface area contributed by atoms with E-state index in [1.165, 1.54) is 11.1 Å². The van der Waals surface area contributed by atoms with E-state index in [4.69, 9.17) is 23.2 Å². The molecule has 0 spiro atoms. The van der Waals surface area contributed by atoms with Crippen LogP contribution in [0.5, 0.6) is 0 Å². The molecule has 1 heterocycles. The van der Waals surface area contributed by atoms with Gasteiger partial charge in [-0.2, -0.15) is 0 Å². The van der Waals surface area contributed by atoms with Gasteiger partial charge in [-0.1, -0.05) is 29.3 Å². The second-order valence-electron chi connectivity index (χ2n) is 3.82. The molecule has 0 amide bonds. The first-order valence-corrected chi connectivity index (χ1v) is 5.63. The number of hydrogen-bond acceptors (Lipinski definition) is 1. The maximum atomic E-state index is 6.16. The lowest BCUT2D eigenvalue weighted by atomic mass is 10.0. The van der Waals surface area contributed by atoms with Crippen molar-refractivity contribution in [3.63, 3.8) is 0 Å². The highest BCUT2D eigenvalue weighted by molar-refractivity contribution is 6.42. The summed E-state index contributed by atoms with van der Waals surface area (Å²) < 4.78 is 0. The Labute approximate surface area is 94.4 Å². The Kier molecular flexibility index (Phi) is 3.01. The number of hydrogen-bond donors (Lipinski definition) is 1. The lowest BCUT2D eigenvalue weighted by molar-refractivity contribution is 0.534. The number of nitrogens with one attached hydrogen (secondary N) is 1. The monoisotopic (exact) mass is 229 g/mol. The predicted molar refractivity (Wildman–Crippen MR) is 61.1 cm³/mol. The zero-order valence-electron chi connectivity index (χ0n) is 8.11. The van der Waals surface area contributed by atoms with E-state index in [9.17, 15) is 0 Å². The highest BCUT2D eigenvalue weighted by Crippen LogP contribution is 2.30. The molecule has 0 aromatic heterocycles. The topological polar surface area (TPSA) is 12.0 Å². The molecule has 0 aliphatic carbocycles. The molecule has 14 heavy (non-hydrogen) atoms. The molecule has 1 aliphatic rings. The highest BCUT2D eigenvalue weighted by atomic mass is 35.5. The normalized spacial score (nSPS) is 21.5. The molecule has 1 aromatic rings. The van der Waals surface area contributed by atoms with Crippen LogP contribution in [-0.2, 0) is 13.0 Å². The van der Waals surface area contributed by atoms with Crippen molar-refractivity contribution in [2.45, 2.75) is 32.4 Å². The molecule has 0 saturated carbocycles. The largest absolute Gasteiger partial charge is 0.310 e. The van der Waals surface area contributed by atoms with Gasteiger partial charge in [0.1, 0.15) is 0 Å². The Hall–Kier alpha value is -0.240. The van der Waals surface area contributed by atoms with Crippen LogP contribution in [0, 0.1) is 0 Å². The zero-order chi connectivity index (χ0) is 10.1. The van der Waals surface area contributed by atoms with Gasteiger partial charge in [-0.05, 0) is 37.0 Å². The molecule has 76 valence electrons. The van der Waals surface area contributed by atoms with Gasteiger partial charge < -0.3 is 5.32 Å². The third-order valence-electron chi connectivity index (χ3n) is 2.77. The van der Waals surface area contributed by atoms with Crippen LogP contribution in [0.1, 0.15) is 24.5 Å². The van der Waals surface area contributed by atoms with Gasteiger partial charge in [0, 0.05) is 12.6 Å². The molecule has 1 atom stereocenters. The van der Waals surface area contributed by atoms with E-state index in [-0.39, 0.29) is 0 Å². The van der Waals surface area contributed by atoms with Crippen LogP contribution in [0.2, 0.25) is 10.0 Å². The molecule has 3 heteroatoms. The van der Waals surface area contributed by atoms with E-state index in [1.807, 2.05) is 6.07 Å². The molecule has 1 aromatic carbocycles. The van der Waals surface area contributed by atoms with Crippen molar-refractivity contribution >= 4 is 23.2 Å². The van der Waals surface area contributed by atoms with E-state index in [0.29, 0.717) is 16.1 Å². The van der Waals surface area contributed by atoms with Crippen LogP contribution in [0.3, 0.4) is 0 Å². The van der Waals surface area contributed by atoms with E-state index < -0.39 is 0 Å². The average molecular weight is 230 g/mol. The summed E-state index contributed by atoms with van der Waals surface area (Å²) in [6.07, 6.45) is 2.24. The van der Waals surface area contributed by atoms with Crippen molar-refractivity contribution in [2.75, 3.05) is 0 Å². The Bertz CT molecular complexity index is 349. The van der Waals surface area contributed by atoms with Gasteiger partial charge >= 0.3 is 0 Å². The van der Waals surface area contributed by atoms with Crippen molar-refractivity contribution in [2.24, 2.45) is 0 Å². The summed E-state index contributed by atoms with van der Waals surface area (Å²) in [5, 5.41) is 4.79. The van der Waals surface area contributed by atoms with Crippen LogP contribution in [0.25, 0.3) is 0 Å². The quantitative estimate of drug-likeness (QED) is 0.720. The smallest absolute Gasteiger partial charge is 0.0639 e. The van der Waals surface area contributed by atoms with E-state index >= 15 is 0 Å². The molecule has 1 N–H and O–H groups in total. The van der Waals surface area contributed by atoms with Crippen LogP contribution < -0.4 is 5.32 Å². The maximum Gasteiger partial charge on any atom is 0.0639 e. The Morgan fingerprint density at radius 2 is 2.14 bits per heavy atom. The van der Waals surface area contributed by atoms with Crippen molar-refractivity contribution in [3.8, 4) is 0 Å². The summed E-state index contributed by atoms with van der Waals surface area (Å²) in [7, 11) is 0. The highest BCUT2D eigenvalue weighted by Gasteiger charge is 2.15. The van der Waals surface area contributed by atoms with Crippen LogP contribution in [0.15, 0.2) is 12.1 Å². The van der Waals surface area contributed by atoms with Gasteiger partial charge in [0.05, 0.1) is 10.0 Å². The van der Waals surface area contributed by atoms with Crippen molar-refractivity contribution in [1.82, 2.24) is 5.32 Å². The van der Waals surface area contributed by atoms with Crippen molar-refractivity contribution in [3.05, 3.63) is 33.3 Å². The molecule has 0 fully saturated rings. The third kappa shape index (κ3) is 1.90. The molecule has 0 saturated heterocycles. The second kappa shape index (κ2) is 4.09. The minimum atomic E-state index is 0.553. The minimum Gasteiger partial charge on any atom is -0.310 e. The number of rotatable bonds is 0. The predicted octanol–water partition coefficient (Wildman–Crippen LogP) is 3.42.